The number of ether oxygens (including phenoxy) is 1. The highest BCUT2D eigenvalue weighted by molar-refractivity contribution is 5.81. The van der Waals surface area contributed by atoms with Gasteiger partial charge in [-0.3, -0.25) is 9.48 Å². The molecule has 0 saturated heterocycles. The maximum absolute atomic E-state index is 12.3. The Morgan fingerprint density at radius 1 is 1.40 bits per heavy atom. The van der Waals surface area contributed by atoms with E-state index in [4.69, 9.17) is 4.74 Å². The van der Waals surface area contributed by atoms with Gasteiger partial charge in [0.25, 0.3) is 0 Å². The SMILES string of the molecule is COc1ccc(C=O)cc1-c1cnn(CC(F)(F)F)c1. The Hall–Kier alpha value is -2.31. The van der Waals surface area contributed by atoms with E-state index in [9.17, 15) is 18.0 Å². The second kappa shape index (κ2) is 5.36. The number of methoxy groups -OCH3 is 1. The lowest BCUT2D eigenvalue weighted by Crippen LogP contribution is -2.17. The number of alkyl halides is 3. The fraction of sp³-hybridized carbons (Fsp3) is 0.231. The number of aromatic nitrogens is 2. The van der Waals surface area contributed by atoms with Crippen molar-refractivity contribution in [3.8, 4) is 16.9 Å². The van der Waals surface area contributed by atoms with Gasteiger partial charge >= 0.3 is 6.18 Å². The summed E-state index contributed by atoms with van der Waals surface area (Å²) in [5, 5.41) is 3.66. The number of carbonyl (C=O) groups excluding carboxylic acids is 1. The van der Waals surface area contributed by atoms with E-state index >= 15 is 0 Å². The molecule has 2 rings (SSSR count). The zero-order valence-corrected chi connectivity index (χ0v) is 10.5. The molecule has 0 aliphatic rings. The van der Waals surface area contributed by atoms with Gasteiger partial charge in [-0.1, -0.05) is 0 Å². The molecule has 106 valence electrons. The highest BCUT2D eigenvalue weighted by atomic mass is 19.4. The van der Waals surface area contributed by atoms with Crippen LogP contribution in [-0.2, 0) is 6.54 Å². The molecule has 0 saturated carbocycles. The highest BCUT2D eigenvalue weighted by Gasteiger charge is 2.28. The van der Waals surface area contributed by atoms with Gasteiger partial charge in [0.15, 0.2) is 0 Å². The fourth-order valence-corrected chi connectivity index (χ4v) is 1.80. The Labute approximate surface area is 112 Å². The van der Waals surface area contributed by atoms with E-state index in [1.54, 1.807) is 18.2 Å². The summed E-state index contributed by atoms with van der Waals surface area (Å²) in [4.78, 5) is 10.8. The van der Waals surface area contributed by atoms with Crippen molar-refractivity contribution in [1.82, 2.24) is 9.78 Å². The average molecular weight is 284 g/mol. The first-order valence-corrected chi connectivity index (χ1v) is 5.66. The molecule has 20 heavy (non-hydrogen) atoms. The normalized spacial score (nSPS) is 11.4. The number of rotatable bonds is 4. The first kappa shape index (κ1) is 14.1. The summed E-state index contributed by atoms with van der Waals surface area (Å²) in [6, 6.07) is 4.69. The van der Waals surface area contributed by atoms with Crippen molar-refractivity contribution in [3.63, 3.8) is 0 Å². The highest BCUT2D eigenvalue weighted by Crippen LogP contribution is 2.30. The third-order valence-corrected chi connectivity index (χ3v) is 2.65. The number of hydrogen-bond acceptors (Lipinski definition) is 3. The molecule has 0 unspecified atom stereocenters. The zero-order chi connectivity index (χ0) is 14.8. The molecule has 0 spiro atoms. The molecule has 7 heteroatoms. The van der Waals surface area contributed by atoms with Crippen molar-refractivity contribution in [2.24, 2.45) is 0 Å². The van der Waals surface area contributed by atoms with Gasteiger partial charge in [-0.25, -0.2) is 0 Å². The standard InChI is InChI=1S/C13H11F3N2O2/c1-20-12-3-2-9(7-19)4-11(12)10-5-17-18(6-10)8-13(14,15)16/h2-7H,8H2,1H3. The Kier molecular flexibility index (Phi) is 3.78. The lowest BCUT2D eigenvalue weighted by Gasteiger charge is -2.07. The largest absolute Gasteiger partial charge is 0.496 e. The number of nitrogens with zero attached hydrogens (tertiary/aromatic N) is 2. The molecule has 1 aromatic heterocycles. The first-order valence-electron chi connectivity index (χ1n) is 5.66. The van der Waals surface area contributed by atoms with E-state index in [0.717, 1.165) is 4.68 Å². The summed E-state index contributed by atoms with van der Waals surface area (Å²) in [7, 11) is 1.44. The van der Waals surface area contributed by atoms with Crippen molar-refractivity contribution in [2.45, 2.75) is 12.7 Å². The first-order chi connectivity index (χ1) is 9.43. The van der Waals surface area contributed by atoms with Crippen LogP contribution < -0.4 is 4.74 Å². The van der Waals surface area contributed by atoms with Crippen LogP contribution in [0.15, 0.2) is 30.6 Å². The molecule has 4 nitrogen and oxygen atoms in total. The van der Waals surface area contributed by atoms with Crippen LogP contribution in [0.1, 0.15) is 10.4 Å². The molecule has 0 bridgehead atoms. The molecule has 0 aliphatic carbocycles. The lowest BCUT2D eigenvalue weighted by molar-refractivity contribution is -0.142. The van der Waals surface area contributed by atoms with E-state index in [1.165, 1.54) is 19.5 Å². The molecule has 0 atom stereocenters. The molecule has 0 fully saturated rings. The van der Waals surface area contributed by atoms with Crippen LogP contribution in [0, 0.1) is 0 Å². The van der Waals surface area contributed by atoms with Crippen LogP contribution >= 0.6 is 0 Å². The maximum Gasteiger partial charge on any atom is 0.408 e. The summed E-state index contributed by atoms with van der Waals surface area (Å²) in [5.74, 6) is 0.460. The van der Waals surface area contributed by atoms with Crippen LogP contribution in [0.2, 0.25) is 0 Å². The molecule has 0 N–H and O–H groups in total. The summed E-state index contributed by atoms with van der Waals surface area (Å²) in [6.07, 6.45) is -1.11. The van der Waals surface area contributed by atoms with Gasteiger partial charge in [-0.2, -0.15) is 18.3 Å². The number of carbonyl (C=O) groups is 1. The predicted octanol–water partition coefficient (Wildman–Crippen LogP) is 2.93. The van der Waals surface area contributed by atoms with Crippen molar-refractivity contribution in [3.05, 3.63) is 36.2 Å². The summed E-state index contributed by atoms with van der Waals surface area (Å²) in [5.41, 5.74) is 1.38. The van der Waals surface area contributed by atoms with Gasteiger partial charge in [0, 0.05) is 22.9 Å². The van der Waals surface area contributed by atoms with E-state index in [0.29, 0.717) is 28.7 Å². The summed E-state index contributed by atoms with van der Waals surface area (Å²) in [6.45, 7) is -1.16. The van der Waals surface area contributed by atoms with Gasteiger partial charge in [0.1, 0.15) is 18.6 Å². The maximum atomic E-state index is 12.3. The molecular weight excluding hydrogens is 273 g/mol. The number of benzene rings is 1. The Morgan fingerprint density at radius 3 is 2.75 bits per heavy atom. The second-order valence-corrected chi connectivity index (χ2v) is 4.12. The molecule has 0 radical (unpaired) electrons. The van der Waals surface area contributed by atoms with Gasteiger partial charge < -0.3 is 4.74 Å². The second-order valence-electron chi connectivity index (χ2n) is 4.12. The number of halogens is 3. The molecule has 0 aliphatic heterocycles. The molecular formula is C13H11F3N2O2. The van der Waals surface area contributed by atoms with E-state index in [2.05, 4.69) is 5.10 Å². The van der Waals surface area contributed by atoms with Gasteiger partial charge in [0.05, 0.1) is 13.3 Å². The Morgan fingerprint density at radius 2 is 2.15 bits per heavy atom. The van der Waals surface area contributed by atoms with Crippen LogP contribution in [0.3, 0.4) is 0 Å². The molecule has 0 amide bonds. The summed E-state index contributed by atoms with van der Waals surface area (Å²) >= 11 is 0. The third-order valence-electron chi connectivity index (χ3n) is 2.65. The minimum atomic E-state index is -4.34. The predicted molar refractivity (Wildman–Crippen MR) is 65.7 cm³/mol. The lowest BCUT2D eigenvalue weighted by atomic mass is 10.1. The van der Waals surface area contributed by atoms with Crippen LogP contribution in [0.5, 0.6) is 5.75 Å². The third kappa shape index (κ3) is 3.17. The van der Waals surface area contributed by atoms with Crippen molar-refractivity contribution < 1.29 is 22.7 Å². The van der Waals surface area contributed by atoms with Crippen LogP contribution in [-0.4, -0.2) is 29.4 Å². The monoisotopic (exact) mass is 284 g/mol. The number of aldehydes is 1. The fourth-order valence-electron chi connectivity index (χ4n) is 1.80. The van der Waals surface area contributed by atoms with Crippen molar-refractivity contribution in [1.29, 1.82) is 0 Å². The average Bonchev–Trinajstić information content (AvgIpc) is 2.84. The smallest absolute Gasteiger partial charge is 0.408 e. The Bertz CT molecular complexity index is 620. The minimum Gasteiger partial charge on any atom is -0.496 e. The van der Waals surface area contributed by atoms with Crippen LogP contribution in [0.4, 0.5) is 13.2 Å². The number of hydrogen-bond donors (Lipinski definition) is 0. The van der Waals surface area contributed by atoms with Crippen molar-refractivity contribution >= 4 is 6.29 Å². The molecule has 1 aromatic carbocycles. The van der Waals surface area contributed by atoms with E-state index in [1.807, 2.05) is 0 Å². The van der Waals surface area contributed by atoms with Gasteiger partial charge in [-0.05, 0) is 18.2 Å². The Balaban J connectivity index is 2.38. The quantitative estimate of drug-likeness (QED) is 0.811. The van der Waals surface area contributed by atoms with Gasteiger partial charge in [-0.15, -0.1) is 0 Å². The van der Waals surface area contributed by atoms with E-state index < -0.39 is 12.7 Å². The van der Waals surface area contributed by atoms with Crippen molar-refractivity contribution in [2.75, 3.05) is 7.11 Å². The van der Waals surface area contributed by atoms with Gasteiger partial charge in [0.2, 0.25) is 0 Å². The molecule has 2 aromatic rings. The minimum absolute atomic E-state index is 0.407. The summed E-state index contributed by atoms with van der Waals surface area (Å²) < 4.78 is 42.8. The zero-order valence-electron chi connectivity index (χ0n) is 10.5. The van der Waals surface area contributed by atoms with Crippen LogP contribution in [0.25, 0.3) is 11.1 Å². The molecule has 1 heterocycles. The topological polar surface area (TPSA) is 44.1 Å². The van der Waals surface area contributed by atoms with E-state index in [-0.39, 0.29) is 0 Å².